The van der Waals surface area contributed by atoms with E-state index in [-0.39, 0.29) is 0 Å². The number of allylic oxidation sites excluding steroid dienone is 2. The van der Waals surface area contributed by atoms with E-state index in [0.29, 0.717) is 0 Å². The first-order chi connectivity index (χ1) is 8.91. The number of hydrogen-bond acceptors (Lipinski definition) is 0. The molecule has 0 aromatic heterocycles. The van der Waals surface area contributed by atoms with Crippen LogP contribution in [0.5, 0.6) is 0 Å². The van der Waals surface area contributed by atoms with Gasteiger partial charge in [0.2, 0.25) is 0 Å². The van der Waals surface area contributed by atoms with Crippen LogP contribution in [0.15, 0.2) is 12.2 Å². The van der Waals surface area contributed by atoms with Crippen LogP contribution in [0.2, 0.25) is 0 Å². The first kappa shape index (κ1) is 17.7. The average Bonchev–Trinajstić information content (AvgIpc) is 2.39. The van der Waals surface area contributed by atoms with Gasteiger partial charge >= 0.3 is 0 Å². The van der Waals surface area contributed by atoms with Gasteiger partial charge in [-0.3, -0.25) is 0 Å². The van der Waals surface area contributed by atoms with Crippen LogP contribution in [0.25, 0.3) is 0 Å². The van der Waals surface area contributed by atoms with E-state index in [4.69, 9.17) is 0 Å². The Labute approximate surface area is 116 Å². The SMILES string of the molecule is CCCCCCCC/C=C\CCCCCCCC. The van der Waals surface area contributed by atoms with Crippen LogP contribution in [0.3, 0.4) is 0 Å². The number of rotatable bonds is 14. The molecular formula is C18H36. The van der Waals surface area contributed by atoms with Crippen molar-refractivity contribution >= 4 is 0 Å². The third kappa shape index (κ3) is 15.7. The van der Waals surface area contributed by atoms with Crippen LogP contribution in [0.1, 0.15) is 104 Å². The number of unbranched alkanes of at least 4 members (excludes halogenated alkanes) is 12. The van der Waals surface area contributed by atoms with Crippen molar-refractivity contribution in [3.8, 4) is 0 Å². The van der Waals surface area contributed by atoms with Gasteiger partial charge in [-0.15, -0.1) is 0 Å². The minimum atomic E-state index is 1.31. The monoisotopic (exact) mass is 252 g/mol. The fraction of sp³-hybridized carbons (Fsp3) is 0.889. The Kier molecular flexibility index (Phi) is 16.5. The second-order valence-corrected chi connectivity index (χ2v) is 5.58. The van der Waals surface area contributed by atoms with Gasteiger partial charge in [0.15, 0.2) is 0 Å². The lowest BCUT2D eigenvalue weighted by Crippen LogP contribution is -1.79. The Balaban J connectivity index is 3.00. The Morgan fingerprint density at radius 2 is 0.778 bits per heavy atom. The molecular weight excluding hydrogens is 216 g/mol. The van der Waals surface area contributed by atoms with E-state index in [1.54, 1.807) is 0 Å². The van der Waals surface area contributed by atoms with Crippen LogP contribution in [0.4, 0.5) is 0 Å². The normalized spacial score (nSPS) is 11.4. The van der Waals surface area contributed by atoms with E-state index < -0.39 is 0 Å². The van der Waals surface area contributed by atoms with Crippen molar-refractivity contribution in [3.05, 3.63) is 12.2 Å². The fourth-order valence-electron chi connectivity index (χ4n) is 2.32. The van der Waals surface area contributed by atoms with Crippen LogP contribution in [-0.4, -0.2) is 0 Å². The van der Waals surface area contributed by atoms with E-state index in [1.807, 2.05) is 0 Å². The maximum Gasteiger partial charge on any atom is -0.0351 e. The van der Waals surface area contributed by atoms with Crippen LogP contribution >= 0.6 is 0 Å². The lowest BCUT2D eigenvalue weighted by molar-refractivity contribution is 0.606. The topological polar surface area (TPSA) is 0 Å². The van der Waals surface area contributed by atoms with E-state index in [2.05, 4.69) is 26.0 Å². The van der Waals surface area contributed by atoms with Gasteiger partial charge in [0.25, 0.3) is 0 Å². The van der Waals surface area contributed by atoms with Gasteiger partial charge in [0, 0.05) is 0 Å². The Morgan fingerprint density at radius 1 is 0.444 bits per heavy atom. The molecule has 0 aliphatic heterocycles. The van der Waals surface area contributed by atoms with Gasteiger partial charge < -0.3 is 0 Å². The molecule has 0 N–H and O–H groups in total. The smallest absolute Gasteiger partial charge is 0.0351 e. The molecule has 0 radical (unpaired) electrons. The highest BCUT2D eigenvalue weighted by molar-refractivity contribution is 4.81. The molecule has 0 nitrogen and oxygen atoms in total. The van der Waals surface area contributed by atoms with Gasteiger partial charge in [-0.25, -0.2) is 0 Å². The maximum atomic E-state index is 2.41. The summed E-state index contributed by atoms with van der Waals surface area (Å²) in [4.78, 5) is 0. The minimum absolute atomic E-state index is 1.31. The Morgan fingerprint density at radius 3 is 1.17 bits per heavy atom. The zero-order valence-corrected chi connectivity index (χ0v) is 13.1. The molecule has 0 spiro atoms. The predicted octanol–water partition coefficient (Wildman–Crippen LogP) is 7.04. The third-order valence-corrected chi connectivity index (χ3v) is 3.62. The largest absolute Gasteiger partial charge is 0.0885 e. The average molecular weight is 252 g/mol. The quantitative estimate of drug-likeness (QED) is 0.230. The summed E-state index contributed by atoms with van der Waals surface area (Å²) in [7, 11) is 0. The summed E-state index contributed by atoms with van der Waals surface area (Å²) in [6.07, 6.45) is 24.4. The lowest BCUT2D eigenvalue weighted by Gasteiger charge is -1.98. The van der Waals surface area contributed by atoms with Crippen molar-refractivity contribution in [2.45, 2.75) is 104 Å². The maximum absolute atomic E-state index is 2.41. The van der Waals surface area contributed by atoms with Gasteiger partial charge in [-0.2, -0.15) is 0 Å². The first-order valence-corrected chi connectivity index (χ1v) is 8.56. The van der Waals surface area contributed by atoms with E-state index in [9.17, 15) is 0 Å². The van der Waals surface area contributed by atoms with Crippen molar-refractivity contribution in [1.29, 1.82) is 0 Å². The molecule has 0 heterocycles. The van der Waals surface area contributed by atoms with Crippen molar-refractivity contribution in [2.75, 3.05) is 0 Å². The van der Waals surface area contributed by atoms with E-state index in [0.717, 1.165) is 0 Å². The molecule has 0 atom stereocenters. The highest BCUT2D eigenvalue weighted by Crippen LogP contribution is 2.09. The van der Waals surface area contributed by atoms with Gasteiger partial charge in [-0.1, -0.05) is 90.2 Å². The minimum Gasteiger partial charge on any atom is -0.0885 e. The van der Waals surface area contributed by atoms with E-state index >= 15 is 0 Å². The van der Waals surface area contributed by atoms with Crippen molar-refractivity contribution in [3.63, 3.8) is 0 Å². The van der Waals surface area contributed by atoms with Crippen molar-refractivity contribution < 1.29 is 0 Å². The molecule has 0 aromatic rings. The predicted molar refractivity (Wildman–Crippen MR) is 85.1 cm³/mol. The van der Waals surface area contributed by atoms with Crippen molar-refractivity contribution in [2.24, 2.45) is 0 Å². The van der Waals surface area contributed by atoms with Crippen LogP contribution < -0.4 is 0 Å². The Hall–Kier alpha value is -0.260. The molecule has 0 aliphatic carbocycles. The summed E-state index contributed by atoms with van der Waals surface area (Å²) in [5.41, 5.74) is 0. The summed E-state index contributed by atoms with van der Waals surface area (Å²) in [6, 6.07) is 0. The summed E-state index contributed by atoms with van der Waals surface area (Å²) < 4.78 is 0. The first-order valence-electron chi connectivity index (χ1n) is 8.56. The van der Waals surface area contributed by atoms with Crippen LogP contribution in [0, 0.1) is 0 Å². The van der Waals surface area contributed by atoms with E-state index in [1.165, 1.54) is 89.9 Å². The summed E-state index contributed by atoms with van der Waals surface area (Å²) in [5.74, 6) is 0. The van der Waals surface area contributed by atoms with Gasteiger partial charge in [0.1, 0.15) is 0 Å². The molecule has 0 fully saturated rings. The zero-order valence-electron chi connectivity index (χ0n) is 13.1. The van der Waals surface area contributed by atoms with Gasteiger partial charge in [-0.05, 0) is 25.7 Å². The fourth-order valence-corrected chi connectivity index (χ4v) is 2.32. The zero-order chi connectivity index (χ0) is 13.3. The standard InChI is InChI=1S/C18H36/c1-3-5-7-9-11-13-15-17-18-16-14-12-10-8-6-4-2/h17-18H,3-16H2,1-2H3/b18-17-. The summed E-state index contributed by atoms with van der Waals surface area (Å²) in [5, 5.41) is 0. The molecule has 0 aliphatic rings. The molecule has 108 valence electrons. The molecule has 0 saturated carbocycles. The Bertz CT molecular complexity index is 139. The number of hydrogen-bond donors (Lipinski definition) is 0. The third-order valence-electron chi connectivity index (χ3n) is 3.62. The van der Waals surface area contributed by atoms with Crippen molar-refractivity contribution in [1.82, 2.24) is 0 Å². The highest BCUT2D eigenvalue weighted by Gasteiger charge is 1.89. The molecule has 0 aromatic carbocycles. The van der Waals surface area contributed by atoms with Crippen LogP contribution in [-0.2, 0) is 0 Å². The molecule has 0 saturated heterocycles. The van der Waals surface area contributed by atoms with Gasteiger partial charge in [0.05, 0.1) is 0 Å². The molecule has 18 heavy (non-hydrogen) atoms. The molecule has 0 amide bonds. The summed E-state index contributed by atoms with van der Waals surface area (Å²) >= 11 is 0. The molecule has 0 unspecified atom stereocenters. The lowest BCUT2D eigenvalue weighted by atomic mass is 10.1. The molecule has 0 heteroatoms. The second-order valence-electron chi connectivity index (χ2n) is 5.58. The second kappa shape index (κ2) is 16.7. The highest BCUT2D eigenvalue weighted by atomic mass is 14.0. The molecule has 0 rings (SSSR count). The summed E-state index contributed by atoms with van der Waals surface area (Å²) in [6.45, 7) is 4.57. The molecule has 0 bridgehead atoms.